The average Bonchev–Trinajstić information content (AvgIpc) is 2.51. The van der Waals surface area contributed by atoms with Gasteiger partial charge in [-0.25, -0.2) is 0 Å². The number of benzene rings is 2. The van der Waals surface area contributed by atoms with Crippen LogP contribution in [0.4, 0.5) is 5.69 Å². The van der Waals surface area contributed by atoms with Gasteiger partial charge in [-0.3, -0.25) is 4.79 Å². The van der Waals surface area contributed by atoms with Crippen LogP contribution >= 0.6 is 11.8 Å². The summed E-state index contributed by atoms with van der Waals surface area (Å²) in [6.07, 6.45) is 0. The van der Waals surface area contributed by atoms with Crippen LogP contribution in [-0.2, 0) is 4.79 Å². The Kier molecular flexibility index (Phi) is 5.84. The molecule has 2 rings (SSSR count). The van der Waals surface area contributed by atoms with Crippen molar-refractivity contribution in [2.75, 3.05) is 17.6 Å². The molecule has 2 aromatic rings. The van der Waals surface area contributed by atoms with Gasteiger partial charge in [-0.1, -0.05) is 49.4 Å². The van der Waals surface area contributed by atoms with E-state index in [9.17, 15) is 4.79 Å². The number of nitrogens with two attached hydrogens (primary N) is 1. The molecule has 3 N–H and O–H groups in total. The zero-order valence-electron chi connectivity index (χ0n) is 12.1. The predicted octanol–water partition coefficient (Wildman–Crippen LogP) is 3.48. The van der Waals surface area contributed by atoms with Crippen molar-refractivity contribution in [2.45, 2.75) is 17.7 Å². The van der Waals surface area contributed by atoms with E-state index in [0.717, 1.165) is 21.9 Å². The Hall–Kier alpha value is -1.78. The third kappa shape index (κ3) is 4.09. The van der Waals surface area contributed by atoms with Gasteiger partial charge in [0.25, 0.3) is 0 Å². The van der Waals surface area contributed by atoms with Crippen LogP contribution in [0.1, 0.15) is 18.4 Å². The zero-order chi connectivity index (χ0) is 15.1. The van der Waals surface area contributed by atoms with Gasteiger partial charge in [0, 0.05) is 11.4 Å². The van der Waals surface area contributed by atoms with Gasteiger partial charge in [-0.2, -0.15) is 0 Å². The third-order valence-electron chi connectivity index (χ3n) is 3.20. The van der Waals surface area contributed by atoms with Gasteiger partial charge in [-0.15, -0.1) is 11.8 Å². The first kappa shape index (κ1) is 15.6. The Morgan fingerprint density at radius 2 is 1.81 bits per heavy atom. The summed E-state index contributed by atoms with van der Waals surface area (Å²) in [6.45, 7) is 2.38. The quantitative estimate of drug-likeness (QED) is 0.803. The predicted molar refractivity (Wildman–Crippen MR) is 89.7 cm³/mol. The fraction of sp³-hybridized carbons (Fsp3) is 0.235. The van der Waals surface area contributed by atoms with E-state index in [1.54, 1.807) is 11.8 Å². The first-order valence-corrected chi connectivity index (χ1v) is 8.02. The molecule has 0 aliphatic heterocycles. The first-order chi connectivity index (χ1) is 10.3. The van der Waals surface area contributed by atoms with Crippen LogP contribution in [-0.4, -0.2) is 18.2 Å². The van der Waals surface area contributed by atoms with Gasteiger partial charge in [0.05, 0.1) is 11.6 Å². The van der Waals surface area contributed by atoms with E-state index < -0.39 is 0 Å². The van der Waals surface area contributed by atoms with Crippen LogP contribution in [0.25, 0.3) is 0 Å². The molecule has 3 nitrogen and oxygen atoms in total. The lowest BCUT2D eigenvalue weighted by molar-refractivity contribution is -0.117. The fourth-order valence-electron chi connectivity index (χ4n) is 2.15. The molecule has 0 saturated carbocycles. The van der Waals surface area contributed by atoms with Crippen molar-refractivity contribution in [1.29, 1.82) is 0 Å². The van der Waals surface area contributed by atoms with Crippen molar-refractivity contribution in [3.05, 3.63) is 60.2 Å². The van der Waals surface area contributed by atoms with E-state index >= 15 is 0 Å². The average molecular weight is 300 g/mol. The molecule has 2 aromatic carbocycles. The lowest BCUT2D eigenvalue weighted by atomic mass is 9.98. The Morgan fingerprint density at radius 3 is 2.48 bits per heavy atom. The summed E-state index contributed by atoms with van der Waals surface area (Å²) in [5, 5.41) is 3.01. The van der Waals surface area contributed by atoms with Crippen molar-refractivity contribution in [1.82, 2.24) is 0 Å². The van der Waals surface area contributed by atoms with E-state index in [0.29, 0.717) is 6.54 Å². The molecule has 0 aliphatic carbocycles. The molecule has 110 valence electrons. The lowest BCUT2D eigenvalue weighted by Crippen LogP contribution is -2.27. The van der Waals surface area contributed by atoms with E-state index in [-0.39, 0.29) is 11.8 Å². The number of para-hydroxylation sites is 1. The summed E-state index contributed by atoms with van der Waals surface area (Å²) in [6, 6.07) is 17.5. The Bertz CT molecular complexity index is 586. The molecule has 0 radical (unpaired) electrons. The maximum absolute atomic E-state index is 12.5. The van der Waals surface area contributed by atoms with Gasteiger partial charge in [0.15, 0.2) is 0 Å². The minimum Gasteiger partial charge on any atom is -0.329 e. The van der Waals surface area contributed by atoms with Crippen LogP contribution < -0.4 is 11.1 Å². The maximum Gasteiger partial charge on any atom is 0.233 e. The zero-order valence-corrected chi connectivity index (χ0v) is 12.9. The van der Waals surface area contributed by atoms with Gasteiger partial charge in [0.2, 0.25) is 5.91 Å². The van der Waals surface area contributed by atoms with Crippen molar-refractivity contribution in [3.63, 3.8) is 0 Å². The molecule has 0 aromatic heterocycles. The number of amides is 1. The molecule has 0 saturated heterocycles. The molecular weight excluding hydrogens is 280 g/mol. The molecule has 0 spiro atoms. The summed E-state index contributed by atoms with van der Waals surface area (Å²) < 4.78 is 0. The highest BCUT2D eigenvalue weighted by Crippen LogP contribution is 2.27. The molecule has 0 fully saturated rings. The molecule has 21 heavy (non-hydrogen) atoms. The van der Waals surface area contributed by atoms with Crippen LogP contribution in [0.5, 0.6) is 0 Å². The van der Waals surface area contributed by atoms with Crippen LogP contribution in [0.2, 0.25) is 0 Å². The fourth-order valence-corrected chi connectivity index (χ4v) is 2.91. The number of anilines is 1. The summed E-state index contributed by atoms with van der Waals surface area (Å²) in [5.74, 6) is 0.574. The van der Waals surface area contributed by atoms with Crippen molar-refractivity contribution in [2.24, 2.45) is 5.73 Å². The lowest BCUT2D eigenvalue weighted by Gasteiger charge is -2.17. The monoisotopic (exact) mass is 300 g/mol. The van der Waals surface area contributed by atoms with E-state index in [1.165, 1.54) is 0 Å². The summed E-state index contributed by atoms with van der Waals surface area (Å²) in [5.41, 5.74) is 7.58. The standard InChI is InChI=1S/C17H20N2OS/c1-2-21-16-11-7-6-10-15(16)19-17(20)14(12-18)13-8-4-3-5-9-13/h3-11,14H,2,12,18H2,1H3,(H,19,20). The van der Waals surface area contributed by atoms with Gasteiger partial charge in [-0.05, 0) is 23.4 Å². The molecule has 0 heterocycles. The minimum atomic E-state index is -0.328. The first-order valence-electron chi connectivity index (χ1n) is 7.04. The number of carbonyl (C=O) groups excluding carboxylic acids is 1. The summed E-state index contributed by atoms with van der Waals surface area (Å²) >= 11 is 1.71. The normalized spacial score (nSPS) is 11.9. The molecule has 0 bridgehead atoms. The smallest absolute Gasteiger partial charge is 0.233 e. The minimum absolute atomic E-state index is 0.0622. The van der Waals surface area contributed by atoms with Gasteiger partial charge < -0.3 is 11.1 Å². The number of carbonyl (C=O) groups is 1. The van der Waals surface area contributed by atoms with E-state index in [4.69, 9.17) is 5.73 Å². The molecule has 0 aliphatic rings. The van der Waals surface area contributed by atoms with Crippen LogP contribution in [0.15, 0.2) is 59.5 Å². The van der Waals surface area contributed by atoms with Crippen molar-refractivity contribution in [3.8, 4) is 0 Å². The maximum atomic E-state index is 12.5. The molecule has 1 atom stereocenters. The SMILES string of the molecule is CCSc1ccccc1NC(=O)C(CN)c1ccccc1. The Balaban J connectivity index is 2.17. The second-order valence-electron chi connectivity index (χ2n) is 4.62. The van der Waals surface area contributed by atoms with Crippen LogP contribution in [0.3, 0.4) is 0 Å². The Morgan fingerprint density at radius 1 is 1.14 bits per heavy atom. The van der Waals surface area contributed by atoms with E-state index in [2.05, 4.69) is 12.2 Å². The van der Waals surface area contributed by atoms with Gasteiger partial charge >= 0.3 is 0 Å². The molecule has 1 unspecified atom stereocenters. The number of hydrogen-bond acceptors (Lipinski definition) is 3. The highest BCUT2D eigenvalue weighted by atomic mass is 32.2. The van der Waals surface area contributed by atoms with Crippen molar-refractivity contribution < 1.29 is 4.79 Å². The molecular formula is C17H20N2OS. The van der Waals surface area contributed by atoms with Crippen LogP contribution in [0, 0.1) is 0 Å². The number of hydrogen-bond donors (Lipinski definition) is 2. The third-order valence-corrected chi connectivity index (χ3v) is 4.15. The van der Waals surface area contributed by atoms with E-state index in [1.807, 2.05) is 54.6 Å². The van der Waals surface area contributed by atoms with Crippen molar-refractivity contribution >= 4 is 23.4 Å². The second-order valence-corrected chi connectivity index (χ2v) is 5.92. The number of thioether (sulfide) groups is 1. The topological polar surface area (TPSA) is 55.1 Å². The Labute approximate surface area is 129 Å². The number of nitrogens with one attached hydrogen (secondary N) is 1. The molecule has 4 heteroatoms. The van der Waals surface area contributed by atoms with Gasteiger partial charge in [0.1, 0.15) is 0 Å². The summed E-state index contributed by atoms with van der Waals surface area (Å²) in [4.78, 5) is 13.6. The second kappa shape index (κ2) is 7.86. The largest absolute Gasteiger partial charge is 0.329 e. The highest BCUT2D eigenvalue weighted by molar-refractivity contribution is 7.99. The number of rotatable bonds is 6. The summed E-state index contributed by atoms with van der Waals surface area (Å²) in [7, 11) is 0. The highest BCUT2D eigenvalue weighted by Gasteiger charge is 2.19. The molecule has 1 amide bonds.